The first-order chi connectivity index (χ1) is 11.8. The van der Waals surface area contributed by atoms with Gasteiger partial charge in [-0.3, -0.25) is 4.99 Å². The number of guanidine groups is 1. The van der Waals surface area contributed by atoms with Crippen molar-refractivity contribution in [3.05, 3.63) is 59.8 Å². The lowest BCUT2D eigenvalue weighted by Gasteiger charge is -2.12. The molecule has 1 aromatic carbocycles. The Morgan fingerprint density at radius 2 is 1.88 bits per heavy atom. The molecule has 0 atom stereocenters. The highest BCUT2D eigenvalue weighted by atomic mass is 127. The number of nitrogens with one attached hydrogen (secondary N) is 2. The van der Waals surface area contributed by atoms with Crippen LogP contribution in [-0.2, 0) is 12.8 Å². The Morgan fingerprint density at radius 1 is 1.12 bits per heavy atom. The maximum Gasteiger partial charge on any atom is 0.191 e. The molecule has 2 aromatic rings. The molecule has 0 spiro atoms. The average molecular weight is 477 g/mol. The lowest BCUT2D eigenvalue weighted by Crippen LogP contribution is -2.39. The lowest BCUT2D eigenvalue weighted by molar-refractivity contribution is 0.506. The molecule has 0 fully saturated rings. The smallest absolute Gasteiger partial charge is 0.191 e. The van der Waals surface area contributed by atoms with E-state index >= 15 is 0 Å². The number of halogens is 2. The van der Waals surface area contributed by atoms with Crippen molar-refractivity contribution in [2.75, 3.05) is 31.6 Å². The predicted molar refractivity (Wildman–Crippen MR) is 115 cm³/mol. The quantitative estimate of drug-likeness (QED) is 0.250. The molecule has 138 valence electrons. The first-order valence-corrected chi connectivity index (χ1v) is 9.46. The average Bonchev–Trinajstić information content (AvgIpc) is 3.10. The van der Waals surface area contributed by atoms with E-state index in [1.54, 1.807) is 24.1 Å². The highest BCUT2D eigenvalue weighted by molar-refractivity contribution is 14.0. The molecule has 2 N–H and O–H groups in total. The largest absolute Gasteiger partial charge is 0.469 e. The Bertz CT molecular complexity index is 623. The van der Waals surface area contributed by atoms with Gasteiger partial charge in [-0.2, -0.15) is 11.8 Å². The van der Waals surface area contributed by atoms with E-state index in [1.165, 1.54) is 6.07 Å². The molecule has 0 saturated carbocycles. The van der Waals surface area contributed by atoms with Crippen molar-refractivity contribution in [3.63, 3.8) is 0 Å². The van der Waals surface area contributed by atoms with Gasteiger partial charge in [0.1, 0.15) is 11.6 Å². The highest BCUT2D eigenvalue weighted by Gasteiger charge is 2.03. The number of benzene rings is 1. The molecule has 0 saturated heterocycles. The zero-order chi connectivity index (χ0) is 17.0. The number of furan rings is 1. The van der Waals surface area contributed by atoms with Crippen molar-refractivity contribution in [1.82, 2.24) is 10.6 Å². The number of thioether (sulfide) groups is 1. The summed E-state index contributed by atoms with van der Waals surface area (Å²) in [5, 5.41) is 6.56. The van der Waals surface area contributed by atoms with Gasteiger partial charge >= 0.3 is 0 Å². The molecular formula is C18H25FIN3OS. The van der Waals surface area contributed by atoms with Crippen molar-refractivity contribution in [1.29, 1.82) is 0 Å². The van der Waals surface area contributed by atoms with E-state index < -0.39 is 0 Å². The SMILES string of the molecule is CSCCN=C(NCCc1ccco1)NCCc1ccccc1F.I. The lowest BCUT2D eigenvalue weighted by atomic mass is 10.1. The maximum absolute atomic E-state index is 13.6. The molecule has 4 nitrogen and oxygen atoms in total. The molecule has 25 heavy (non-hydrogen) atoms. The van der Waals surface area contributed by atoms with Crippen LogP contribution in [0.4, 0.5) is 4.39 Å². The normalized spacial score (nSPS) is 11.0. The number of rotatable bonds is 9. The van der Waals surface area contributed by atoms with Gasteiger partial charge in [0, 0.05) is 25.3 Å². The number of hydrogen-bond acceptors (Lipinski definition) is 3. The Balaban J connectivity index is 0.00000312. The van der Waals surface area contributed by atoms with Gasteiger partial charge in [0.25, 0.3) is 0 Å². The van der Waals surface area contributed by atoms with Crippen molar-refractivity contribution >= 4 is 41.7 Å². The summed E-state index contributed by atoms with van der Waals surface area (Å²) in [6.45, 7) is 2.11. The Labute approximate surface area is 170 Å². The van der Waals surface area contributed by atoms with Crippen LogP contribution in [0, 0.1) is 5.82 Å². The van der Waals surface area contributed by atoms with Gasteiger partial charge in [-0.15, -0.1) is 24.0 Å². The first-order valence-electron chi connectivity index (χ1n) is 8.06. The van der Waals surface area contributed by atoms with Crippen molar-refractivity contribution in [2.45, 2.75) is 12.8 Å². The minimum Gasteiger partial charge on any atom is -0.469 e. The number of hydrogen-bond donors (Lipinski definition) is 2. The van der Waals surface area contributed by atoms with Crippen LogP contribution < -0.4 is 10.6 Å². The van der Waals surface area contributed by atoms with Crippen LogP contribution >= 0.6 is 35.7 Å². The van der Waals surface area contributed by atoms with Crippen LogP contribution in [0.5, 0.6) is 0 Å². The van der Waals surface area contributed by atoms with E-state index in [1.807, 2.05) is 24.3 Å². The van der Waals surface area contributed by atoms with Crippen molar-refractivity contribution in [3.8, 4) is 0 Å². The molecule has 0 unspecified atom stereocenters. The minimum atomic E-state index is -0.161. The zero-order valence-electron chi connectivity index (χ0n) is 14.3. The fraction of sp³-hybridized carbons (Fsp3) is 0.389. The Hall–Kier alpha value is -1.22. The third kappa shape index (κ3) is 8.62. The topological polar surface area (TPSA) is 49.6 Å². The van der Waals surface area contributed by atoms with E-state index in [4.69, 9.17) is 4.42 Å². The van der Waals surface area contributed by atoms with Gasteiger partial charge in [-0.1, -0.05) is 18.2 Å². The Morgan fingerprint density at radius 3 is 2.56 bits per heavy atom. The molecule has 0 aliphatic rings. The number of nitrogens with zero attached hydrogens (tertiary/aromatic N) is 1. The highest BCUT2D eigenvalue weighted by Crippen LogP contribution is 2.06. The molecule has 0 radical (unpaired) electrons. The van der Waals surface area contributed by atoms with Crippen molar-refractivity contribution in [2.24, 2.45) is 4.99 Å². The van der Waals surface area contributed by atoms with Gasteiger partial charge < -0.3 is 15.1 Å². The molecule has 0 bridgehead atoms. The van der Waals surface area contributed by atoms with Gasteiger partial charge in [-0.25, -0.2) is 4.39 Å². The van der Waals surface area contributed by atoms with Gasteiger partial charge in [0.15, 0.2) is 5.96 Å². The molecule has 2 rings (SSSR count). The minimum absolute atomic E-state index is 0. The maximum atomic E-state index is 13.6. The fourth-order valence-corrected chi connectivity index (χ4v) is 2.47. The van der Waals surface area contributed by atoms with Crippen LogP contribution in [0.3, 0.4) is 0 Å². The summed E-state index contributed by atoms with van der Waals surface area (Å²) in [5.74, 6) is 2.51. The fourth-order valence-electron chi connectivity index (χ4n) is 2.20. The summed E-state index contributed by atoms with van der Waals surface area (Å²) in [4.78, 5) is 4.54. The molecule has 1 aromatic heterocycles. The van der Waals surface area contributed by atoms with Gasteiger partial charge in [0.2, 0.25) is 0 Å². The van der Waals surface area contributed by atoms with Crippen LogP contribution in [0.25, 0.3) is 0 Å². The molecule has 0 amide bonds. The van der Waals surface area contributed by atoms with E-state index in [9.17, 15) is 4.39 Å². The van der Waals surface area contributed by atoms with Crippen LogP contribution in [0.2, 0.25) is 0 Å². The monoisotopic (exact) mass is 477 g/mol. The molecule has 7 heteroatoms. The van der Waals surface area contributed by atoms with Crippen LogP contribution in [0.15, 0.2) is 52.1 Å². The molecule has 0 aliphatic heterocycles. The van der Waals surface area contributed by atoms with Crippen LogP contribution in [0.1, 0.15) is 11.3 Å². The molecular weight excluding hydrogens is 452 g/mol. The predicted octanol–water partition coefficient (Wildman–Crippen LogP) is 3.72. The first kappa shape index (κ1) is 21.8. The van der Waals surface area contributed by atoms with Gasteiger partial charge in [0.05, 0.1) is 12.8 Å². The third-order valence-electron chi connectivity index (χ3n) is 3.45. The second-order valence-corrected chi connectivity index (χ2v) is 6.23. The van der Waals surface area contributed by atoms with Crippen molar-refractivity contribution < 1.29 is 8.81 Å². The second-order valence-electron chi connectivity index (χ2n) is 5.25. The summed E-state index contributed by atoms with van der Waals surface area (Å²) in [6, 6.07) is 10.7. The standard InChI is InChI=1S/C18H24FN3OS.HI/c1-24-14-12-22-18(21-11-9-16-6-4-13-23-16)20-10-8-15-5-2-3-7-17(15)19;/h2-7,13H,8-12,14H2,1H3,(H2,20,21,22);1H. The van der Waals surface area contributed by atoms with Gasteiger partial charge in [-0.05, 0) is 36.4 Å². The van der Waals surface area contributed by atoms with E-state index in [-0.39, 0.29) is 29.8 Å². The van der Waals surface area contributed by atoms with Crippen LogP contribution in [-0.4, -0.2) is 37.6 Å². The van der Waals surface area contributed by atoms with E-state index in [2.05, 4.69) is 21.9 Å². The number of aliphatic imine (C=N–C) groups is 1. The molecule has 0 aliphatic carbocycles. The summed E-state index contributed by atoms with van der Waals surface area (Å²) in [5.41, 5.74) is 0.712. The summed E-state index contributed by atoms with van der Waals surface area (Å²) in [6.07, 6.45) is 5.15. The third-order valence-corrected chi connectivity index (χ3v) is 4.04. The van der Waals surface area contributed by atoms with E-state index in [0.717, 1.165) is 37.0 Å². The zero-order valence-corrected chi connectivity index (χ0v) is 17.5. The second kappa shape index (κ2) is 13.0. The molecule has 1 heterocycles. The summed E-state index contributed by atoms with van der Waals surface area (Å²) < 4.78 is 19.0. The summed E-state index contributed by atoms with van der Waals surface area (Å²) >= 11 is 1.76. The summed E-state index contributed by atoms with van der Waals surface area (Å²) in [7, 11) is 0. The van der Waals surface area contributed by atoms with E-state index in [0.29, 0.717) is 18.5 Å². The Kier molecular flexibility index (Phi) is 11.4.